The Balaban J connectivity index is 2.08. The number of nitrogens with one attached hydrogen (secondary N) is 1. The van der Waals surface area contributed by atoms with E-state index in [0.29, 0.717) is 0 Å². The first-order valence-corrected chi connectivity index (χ1v) is 8.50. The molecule has 0 fully saturated rings. The summed E-state index contributed by atoms with van der Waals surface area (Å²) in [5.74, 6) is 0. The van der Waals surface area contributed by atoms with Gasteiger partial charge in [0.1, 0.15) is 6.26 Å². The molecular weight excluding hydrogens is 264 g/mol. The summed E-state index contributed by atoms with van der Waals surface area (Å²) in [6.07, 6.45) is 3.40. The minimum absolute atomic E-state index is 0.155. The molecule has 0 radical (unpaired) electrons. The molecule has 0 bridgehead atoms. The average molecular weight is 285 g/mol. The van der Waals surface area contributed by atoms with Gasteiger partial charge in [0.15, 0.2) is 9.79 Å². The second-order valence-electron chi connectivity index (χ2n) is 5.45. The van der Waals surface area contributed by atoms with Crippen LogP contribution in [0.5, 0.6) is 0 Å². The van der Waals surface area contributed by atoms with E-state index in [1.165, 1.54) is 32.3 Å². The number of hydrogen-bond donors (Lipinski definition) is 1. The topological polar surface area (TPSA) is 15.3 Å². The summed E-state index contributed by atoms with van der Waals surface area (Å²) in [4.78, 5) is 5.16. The van der Waals surface area contributed by atoms with Crippen LogP contribution < -0.4 is 10.2 Å². The van der Waals surface area contributed by atoms with E-state index >= 15 is 0 Å². The van der Waals surface area contributed by atoms with E-state index in [9.17, 15) is 0 Å². The van der Waals surface area contributed by atoms with E-state index in [1.807, 2.05) is 7.05 Å². The molecule has 0 aromatic heterocycles. The minimum Gasteiger partial charge on any atom is -0.388 e. The predicted octanol–water partition coefficient (Wildman–Crippen LogP) is 3.36. The molecule has 2 aromatic rings. The Labute approximate surface area is 124 Å². The summed E-state index contributed by atoms with van der Waals surface area (Å²) in [7, 11) is 6.34. The van der Waals surface area contributed by atoms with Crippen LogP contribution in [0.3, 0.4) is 0 Å². The zero-order valence-corrected chi connectivity index (χ0v) is 13.3. The fraction of sp³-hybridized carbons (Fsp3) is 0.294. The van der Waals surface area contributed by atoms with Gasteiger partial charge >= 0.3 is 0 Å². The standard InChI is InChI=1S/C17H21N2S/c1-18-14-7-5-12-9-13-6-8-15(19(2)3)11-17(13)20(4)16(12)10-14/h5-8,10-11,18H,9H2,1-4H3/q+1. The van der Waals surface area contributed by atoms with Crippen LogP contribution in [0.15, 0.2) is 46.2 Å². The summed E-state index contributed by atoms with van der Waals surface area (Å²) in [5.41, 5.74) is 5.44. The lowest BCUT2D eigenvalue weighted by Gasteiger charge is -2.20. The third-order valence-electron chi connectivity index (χ3n) is 3.96. The van der Waals surface area contributed by atoms with Gasteiger partial charge in [0.25, 0.3) is 0 Å². The molecule has 0 saturated heterocycles. The first-order valence-electron chi connectivity index (χ1n) is 6.87. The lowest BCUT2D eigenvalue weighted by atomic mass is 10.0. The molecule has 20 heavy (non-hydrogen) atoms. The molecule has 3 rings (SSSR count). The van der Waals surface area contributed by atoms with Gasteiger partial charge in [-0.1, -0.05) is 12.1 Å². The van der Waals surface area contributed by atoms with Crippen molar-refractivity contribution in [2.75, 3.05) is 37.6 Å². The molecule has 0 aliphatic carbocycles. The maximum atomic E-state index is 3.25. The van der Waals surface area contributed by atoms with E-state index in [1.54, 1.807) is 0 Å². The van der Waals surface area contributed by atoms with Crippen LogP contribution in [0.25, 0.3) is 0 Å². The molecule has 1 heterocycles. The number of fused-ring (bicyclic) bond motifs is 2. The molecule has 1 aliphatic heterocycles. The van der Waals surface area contributed by atoms with E-state index in [0.717, 1.165) is 6.42 Å². The van der Waals surface area contributed by atoms with Crippen molar-refractivity contribution in [2.24, 2.45) is 0 Å². The number of anilines is 2. The normalized spacial score (nSPS) is 16.3. The quantitative estimate of drug-likeness (QED) is 0.851. The fourth-order valence-corrected chi connectivity index (χ4v) is 4.62. The maximum Gasteiger partial charge on any atom is 0.166 e. The first kappa shape index (κ1) is 13.4. The average Bonchev–Trinajstić information content (AvgIpc) is 2.47. The summed E-state index contributed by atoms with van der Waals surface area (Å²) in [6.45, 7) is 0. The van der Waals surface area contributed by atoms with Crippen molar-refractivity contribution in [1.82, 2.24) is 0 Å². The smallest absolute Gasteiger partial charge is 0.166 e. The van der Waals surface area contributed by atoms with Crippen molar-refractivity contribution in [3.8, 4) is 0 Å². The second-order valence-corrected chi connectivity index (χ2v) is 7.35. The van der Waals surface area contributed by atoms with Gasteiger partial charge < -0.3 is 10.2 Å². The number of benzene rings is 2. The van der Waals surface area contributed by atoms with E-state index in [-0.39, 0.29) is 10.9 Å². The Morgan fingerprint density at radius 1 is 1.00 bits per heavy atom. The van der Waals surface area contributed by atoms with Crippen LogP contribution in [0.2, 0.25) is 0 Å². The molecule has 2 aromatic carbocycles. The van der Waals surface area contributed by atoms with Gasteiger partial charge in [0.05, 0.1) is 10.9 Å². The van der Waals surface area contributed by atoms with E-state index in [4.69, 9.17) is 0 Å². The van der Waals surface area contributed by atoms with Gasteiger partial charge in [-0.05, 0) is 12.1 Å². The molecule has 1 unspecified atom stereocenters. The summed E-state index contributed by atoms with van der Waals surface area (Å²) in [6, 6.07) is 13.6. The van der Waals surface area contributed by atoms with Gasteiger partial charge in [-0.15, -0.1) is 0 Å². The molecular formula is C17H21N2S+. The van der Waals surface area contributed by atoms with Crippen LogP contribution in [0.1, 0.15) is 11.1 Å². The van der Waals surface area contributed by atoms with Crippen LogP contribution in [0.4, 0.5) is 11.4 Å². The Morgan fingerprint density at radius 2 is 1.65 bits per heavy atom. The van der Waals surface area contributed by atoms with Crippen molar-refractivity contribution in [3.63, 3.8) is 0 Å². The Morgan fingerprint density at radius 3 is 2.30 bits per heavy atom. The highest BCUT2D eigenvalue weighted by Crippen LogP contribution is 2.37. The highest BCUT2D eigenvalue weighted by atomic mass is 32.2. The second kappa shape index (κ2) is 5.06. The van der Waals surface area contributed by atoms with Crippen molar-refractivity contribution in [2.45, 2.75) is 16.2 Å². The van der Waals surface area contributed by atoms with E-state index < -0.39 is 0 Å². The zero-order chi connectivity index (χ0) is 14.3. The summed E-state index contributed by atoms with van der Waals surface area (Å²) in [5, 5.41) is 3.25. The van der Waals surface area contributed by atoms with Crippen molar-refractivity contribution in [3.05, 3.63) is 47.5 Å². The number of rotatable bonds is 2. The van der Waals surface area contributed by atoms with Crippen LogP contribution in [0, 0.1) is 0 Å². The van der Waals surface area contributed by atoms with Crippen molar-refractivity contribution >= 4 is 22.3 Å². The lowest BCUT2D eigenvalue weighted by molar-refractivity contribution is 1.03. The summed E-state index contributed by atoms with van der Waals surface area (Å²) < 4.78 is 0. The molecule has 1 N–H and O–H groups in total. The van der Waals surface area contributed by atoms with Crippen LogP contribution in [-0.2, 0) is 17.3 Å². The third kappa shape index (κ3) is 2.16. The molecule has 2 nitrogen and oxygen atoms in total. The van der Waals surface area contributed by atoms with Gasteiger partial charge in [-0.3, -0.25) is 0 Å². The molecule has 0 saturated carbocycles. The molecule has 1 aliphatic rings. The number of hydrogen-bond acceptors (Lipinski definition) is 2. The van der Waals surface area contributed by atoms with E-state index in [2.05, 4.69) is 67.0 Å². The fourth-order valence-electron chi connectivity index (χ4n) is 2.72. The number of nitrogens with zero attached hydrogens (tertiary/aromatic N) is 1. The molecule has 0 spiro atoms. The Bertz CT molecular complexity index is 649. The highest BCUT2D eigenvalue weighted by Gasteiger charge is 2.31. The minimum atomic E-state index is 0.155. The highest BCUT2D eigenvalue weighted by molar-refractivity contribution is 7.96. The van der Waals surface area contributed by atoms with Crippen LogP contribution >= 0.6 is 0 Å². The van der Waals surface area contributed by atoms with Gasteiger partial charge in [0.2, 0.25) is 0 Å². The summed E-state index contributed by atoms with van der Waals surface area (Å²) >= 11 is 0. The lowest BCUT2D eigenvalue weighted by Crippen LogP contribution is -2.16. The van der Waals surface area contributed by atoms with Crippen molar-refractivity contribution in [1.29, 1.82) is 0 Å². The SMILES string of the molecule is CNc1ccc2c(c1)[S+](C)c1cc(N(C)C)ccc1C2. The van der Waals surface area contributed by atoms with Gasteiger partial charge in [-0.2, -0.15) is 0 Å². The van der Waals surface area contributed by atoms with Gasteiger partial charge in [0, 0.05) is 62.2 Å². The molecule has 104 valence electrons. The van der Waals surface area contributed by atoms with Gasteiger partial charge in [-0.25, -0.2) is 0 Å². The largest absolute Gasteiger partial charge is 0.388 e. The van der Waals surface area contributed by atoms with Crippen LogP contribution in [-0.4, -0.2) is 27.4 Å². The predicted molar refractivity (Wildman–Crippen MR) is 89.4 cm³/mol. The first-order chi connectivity index (χ1) is 9.60. The monoisotopic (exact) mass is 285 g/mol. The van der Waals surface area contributed by atoms with Crippen molar-refractivity contribution < 1.29 is 0 Å². The maximum absolute atomic E-state index is 3.25. The Hall–Kier alpha value is -1.61. The third-order valence-corrected chi connectivity index (χ3v) is 6.04. The molecule has 3 heteroatoms. The zero-order valence-electron chi connectivity index (χ0n) is 12.5. The Kier molecular flexibility index (Phi) is 3.38. The molecule has 0 amide bonds. The molecule has 1 atom stereocenters.